The third kappa shape index (κ3) is 6.98. The van der Waals surface area contributed by atoms with Crippen molar-refractivity contribution in [2.75, 3.05) is 0 Å². The van der Waals surface area contributed by atoms with Crippen LogP contribution < -0.4 is 0 Å². The molecule has 0 radical (unpaired) electrons. The van der Waals surface area contributed by atoms with Crippen LogP contribution in [0, 0.1) is 0 Å². The van der Waals surface area contributed by atoms with Crippen molar-refractivity contribution in [1.82, 2.24) is 0 Å². The van der Waals surface area contributed by atoms with Gasteiger partial charge in [-0.05, 0) is 19.4 Å². The van der Waals surface area contributed by atoms with E-state index in [2.05, 4.69) is 10.8 Å². The van der Waals surface area contributed by atoms with Gasteiger partial charge in [-0.25, -0.2) is 19.2 Å². The molecule has 8 nitrogen and oxygen atoms in total. The maximum Gasteiger partial charge on any atom is 0.429 e. The summed E-state index contributed by atoms with van der Waals surface area (Å²) < 4.78 is 14.4. The van der Waals surface area contributed by atoms with Gasteiger partial charge in [-0.1, -0.05) is 36.4 Å². The number of carboxylic acid groups (broad SMARTS) is 1. The van der Waals surface area contributed by atoms with Crippen LogP contribution in [0.5, 0.6) is 0 Å². The Kier molecular flexibility index (Phi) is 7.85. The van der Waals surface area contributed by atoms with Crippen molar-refractivity contribution in [2.24, 2.45) is 0 Å². The lowest BCUT2D eigenvalue weighted by Crippen LogP contribution is -2.32. The standard InChI is InChI=1S/C17H18O8S/c1-4-8-12(11-9-6-5-7-10-11)23-15(21)16(22)24-17(2,3)26-25-14(20)13(18)19/h4-7,9-10,12H,1,8H2,2-3H3,(H,18,19). The summed E-state index contributed by atoms with van der Waals surface area (Å²) in [6, 6.07) is 8.78. The molecule has 26 heavy (non-hydrogen) atoms. The quantitative estimate of drug-likeness (QED) is 0.249. The topological polar surface area (TPSA) is 116 Å². The molecule has 140 valence electrons. The minimum absolute atomic E-state index is 0.289. The molecule has 0 fully saturated rings. The van der Waals surface area contributed by atoms with E-state index in [0.717, 1.165) is 0 Å². The Bertz CT molecular complexity index is 683. The molecule has 1 rings (SSSR count). The van der Waals surface area contributed by atoms with E-state index in [1.165, 1.54) is 13.8 Å². The van der Waals surface area contributed by atoms with E-state index in [1.807, 2.05) is 0 Å². The Morgan fingerprint density at radius 2 is 1.77 bits per heavy atom. The second kappa shape index (κ2) is 9.62. The van der Waals surface area contributed by atoms with E-state index < -0.39 is 34.9 Å². The van der Waals surface area contributed by atoms with Gasteiger partial charge < -0.3 is 18.8 Å². The van der Waals surface area contributed by atoms with Crippen LogP contribution in [0.25, 0.3) is 0 Å². The Balaban J connectivity index is 2.67. The van der Waals surface area contributed by atoms with Crippen molar-refractivity contribution in [1.29, 1.82) is 0 Å². The van der Waals surface area contributed by atoms with Crippen LogP contribution in [0.15, 0.2) is 43.0 Å². The number of hydrogen-bond donors (Lipinski definition) is 1. The summed E-state index contributed by atoms with van der Waals surface area (Å²) in [4.78, 5) is 43.7. The number of carboxylic acids is 1. The Morgan fingerprint density at radius 1 is 1.15 bits per heavy atom. The van der Waals surface area contributed by atoms with Crippen LogP contribution in [0.3, 0.4) is 0 Å². The summed E-state index contributed by atoms with van der Waals surface area (Å²) in [7, 11) is 0. The third-order valence-corrected chi connectivity index (χ3v) is 3.52. The molecule has 0 saturated heterocycles. The number of hydrogen-bond acceptors (Lipinski definition) is 8. The van der Waals surface area contributed by atoms with E-state index in [0.29, 0.717) is 5.56 Å². The second-order valence-corrected chi connectivity index (χ2v) is 6.69. The van der Waals surface area contributed by atoms with E-state index >= 15 is 0 Å². The first-order chi connectivity index (χ1) is 12.2. The summed E-state index contributed by atoms with van der Waals surface area (Å²) in [5, 5.41) is 8.43. The minimum atomic E-state index is -1.80. The first-order valence-electron chi connectivity index (χ1n) is 7.39. The average molecular weight is 382 g/mol. The molecule has 0 aliphatic rings. The number of rotatable bonds is 7. The molecular weight excluding hydrogens is 364 g/mol. The minimum Gasteiger partial charge on any atom is -0.473 e. The van der Waals surface area contributed by atoms with Crippen molar-refractivity contribution >= 4 is 35.9 Å². The van der Waals surface area contributed by atoms with Gasteiger partial charge in [0, 0.05) is 6.42 Å². The molecule has 0 aromatic heterocycles. The fourth-order valence-corrected chi connectivity index (χ4v) is 2.16. The zero-order chi connectivity index (χ0) is 19.7. The molecule has 0 bridgehead atoms. The Morgan fingerprint density at radius 3 is 2.31 bits per heavy atom. The molecule has 1 N–H and O–H groups in total. The molecule has 1 aromatic rings. The van der Waals surface area contributed by atoms with Crippen LogP contribution in [-0.4, -0.2) is 33.9 Å². The van der Waals surface area contributed by atoms with Crippen molar-refractivity contribution in [3.05, 3.63) is 48.6 Å². The van der Waals surface area contributed by atoms with Gasteiger partial charge >= 0.3 is 23.9 Å². The summed E-state index contributed by atoms with van der Waals surface area (Å²) >= 11 is 0.289. The van der Waals surface area contributed by atoms with E-state index in [9.17, 15) is 19.2 Å². The van der Waals surface area contributed by atoms with Crippen LogP contribution >= 0.6 is 12.0 Å². The van der Waals surface area contributed by atoms with E-state index in [4.69, 9.17) is 14.6 Å². The highest BCUT2D eigenvalue weighted by Gasteiger charge is 2.33. The molecule has 0 spiro atoms. The lowest BCUT2D eigenvalue weighted by molar-refractivity contribution is -0.174. The average Bonchev–Trinajstić information content (AvgIpc) is 2.59. The number of aliphatic carboxylic acids is 1. The van der Waals surface area contributed by atoms with E-state index in [1.54, 1.807) is 36.4 Å². The van der Waals surface area contributed by atoms with Crippen molar-refractivity contribution in [3.8, 4) is 0 Å². The van der Waals surface area contributed by atoms with Crippen LogP contribution in [0.4, 0.5) is 0 Å². The number of esters is 2. The van der Waals surface area contributed by atoms with Gasteiger partial charge in [-0.2, -0.15) is 0 Å². The number of ether oxygens (including phenoxy) is 2. The zero-order valence-electron chi connectivity index (χ0n) is 14.2. The lowest BCUT2D eigenvalue weighted by atomic mass is 10.1. The molecular formula is C17H18O8S. The molecule has 0 amide bonds. The zero-order valence-corrected chi connectivity index (χ0v) is 15.0. The van der Waals surface area contributed by atoms with Gasteiger partial charge in [0.25, 0.3) is 0 Å². The predicted molar refractivity (Wildman–Crippen MR) is 91.6 cm³/mol. The summed E-state index contributed by atoms with van der Waals surface area (Å²) in [6.45, 7) is 6.22. The largest absolute Gasteiger partial charge is 0.473 e. The Hall–Kier alpha value is -2.81. The number of carbonyl (C=O) groups excluding carboxylic acids is 3. The van der Waals surface area contributed by atoms with Gasteiger partial charge in [0.05, 0.1) is 0 Å². The van der Waals surface area contributed by atoms with E-state index in [-0.39, 0.29) is 18.5 Å². The Labute approximate surface area is 154 Å². The van der Waals surface area contributed by atoms with Crippen LogP contribution in [0.1, 0.15) is 31.9 Å². The summed E-state index contributed by atoms with van der Waals surface area (Å²) in [6.07, 6.45) is 1.12. The first kappa shape index (κ1) is 21.2. The van der Waals surface area contributed by atoms with Crippen molar-refractivity contribution < 1.29 is 37.9 Å². The first-order valence-corrected chi connectivity index (χ1v) is 8.13. The smallest absolute Gasteiger partial charge is 0.429 e. The lowest BCUT2D eigenvalue weighted by Gasteiger charge is -2.22. The molecule has 0 aliphatic heterocycles. The molecule has 0 aliphatic carbocycles. The van der Waals surface area contributed by atoms with Crippen molar-refractivity contribution in [3.63, 3.8) is 0 Å². The predicted octanol–water partition coefficient (Wildman–Crippen LogP) is 2.40. The SMILES string of the molecule is C=CCC(OC(=O)C(=O)OC(C)(C)SOC(=O)C(=O)O)c1ccccc1. The van der Waals surface area contributed by atoms with Crippen LogP contribution in [-0.2, 0) is 32.8 Å². The van der Waals surface area contributed by atoms with Gasteiger partial charge in [-0.15, -0.1) is 6.58 Å². The molecule has 9 heteroatoms. The molecule has 1 unspecified atom stereocenters. The van der Waals surface area contributed by atoms with Gasteiger partial charge in [-0.3, -0.25) is 0 Å². The molecule has 0 heterocycles. The highest BCUT2D eigenvalue weighted by Crippen LogP contribution is 2.28. The fourth-order valence-electron chi connectivity index (χ4n) is 1.70. The highest BCUT2D eigenvalue weighted by atomic mass is 32.2. The highest BCUT2D eigenvalue weighted by molar-refractivity contribution is 7.96. The summed E-state index contributed by atoms with van der Waals surface area (Å²) in [5.74, 6) is -5.87. The fraction of sp³-hybridized carbons (Fsp3) is 0.294. The number of carbonyl (C=O) groups is 4. The van der Waals surface area contributed by atoms with Gasteiger partial charge in [0.2, 0.25) is 0 Å². The molecule has 0 saturated carbocycles. The maximum atomic E-state index is 12.0. The molecule has 1 atom stereocenters. The monoisotopic (exact) mass is 382 g/mol. The van der Waals surface area contributed by atoms with Crippen LogP contribution in [0.2, 0.25) is 0 Å². The van der Waals surface area contributed by atoms with Gasteiger partial charge in [0.1, 0.15) is 18.1 Å². The molecule has 1 aromatic carbocycles. The normalized spacial score (nSPS) is 11.8. The maximum absolute atomic E-state index is 12.0. The van der Waals surface area contributed by atoms with Crippen molar-refractivity contribution in [2.45, 2.75) is 31.3 Å². The van der Waals surface area contributed by atoms with Gasteiger partial charge in [0.15, 0.2) is 4.93 Å². The number of benzene rings is 1. The summed E-state index contributed by atoms with van der Waals surface area (Å²) in [5.41, 5.74) is 0.678. The third-order valence-electron chi connectivity index (χ3n) is 2.80. The second-order valence-electron chi connectivity index (χ2n) is 5.38.